The number of amides is 2. The molecule has 2 aromatic rings. The number of rotatable bonds is 6. The number of carbonyl (C=O) groups is 1. The summed E-state index contributed by atoms with van der Waals surface area (Å²) < 4.78 is 11.0. The molecular formula is C20H26N4O3. The zero-order valence-corrected chi connectivity index (χ0v) is 15.8. The lowest BCUT2D eigenvalue weighted by molar-refractivity contribution is 0.122. The largest absolute Gasteiger partial charge is 0.491 e. The molecule has 7 nitrogen and oxygen atoms in total. The van der Waals surface area contributed by atoms with Crippen LogP contribution in [-0.2, 0) is 11.3 Å². The molecule has 3 rings (SSSR count). The third-order valence-electron chi connectivity index (χ3n) is 4.09. The number of hydrogen-bond donors (Lipinski definition) is 2. The fraction of sp³-hybridized carbons (Fsp3) is 0.400. The van der Waals surface area contributed by atoms with Gasteiger partial charge in [0.25, 0.3) is 0 Å². The van der Waals surface area contributed by atoms with E-state index in [1.165, 1.54) is 0 Å². The number of nitrogens with zero attached hydrogens (tertiary/aromatic N) is 2. The van der Waals surface area contributed by atoms with Crippen LogP contribution in [0.4, 0.5) is 16.3 Å². The summed E-state index contributed by atoms with van der Waals surface area (Å²) in [6.45, 7) is 7.52. The Morgan fingerprint density at radius 1 is 1.19 bits per heavy atom. The quantitative estimate of drug-likeness (QED) is 0.817. The van der Waals surface area contributed by atoms with E-state index >= 15 is 0 Å². The van der Waals surface area contributed by atoms with Crippen molar-refractivity contribution in [3.8, 4) is 5.75 Å². The Kier molecular flexibility index (Phi) is 6.49. The monoisotopic (exact) mass is 370 g/mol. The molecule has 1 aliphatic heterocycles. The van der Waals surface area contributed by atoms with Gasteiger partial charge in [0.05, 0.1) is 31.2 Å². The highest BCUT2D eigenvalue weighted by atomic mass is 16.5. The third-order valence-corrected chi connectivity index (χ3v) is 4.09. The van der Waals surface area contributed by atoms with Crippen molar-refractivity contribution in [2.45, 2.75) is 26.5 Å². The summed E-state index contributed by atoms with van der Waals surface area (Å²) in [6.07, 6.45) is 1.81. The molecule has 0 saturated carbocycles. The highest BCUT2D eigenvalue weighted by Gasteiger charge is 2.12. The fourth-order valence-electron chi connectivity index (χ4n) is 2.76. The number of benzene rings is 1. The minimum Gasteiger partial charge on any atom is -0.491 e. The summed E-state index contributed by atoms with van der Waals surface area (Å²) >= 11 is 0. The van der Waals surface area contributed by atoms with E-state index in [2.05, 4.69) is 20.5 Å². The molecule has 0 bridgehead atoms. The summed E-state index contributed by atoms with van der Waals surface area (Å²) in [5.74, 6) is 1.72. The summed E-state index contributed by atoms with van der Waals surface area (Å²) in [7, 11) is 0. The summed E-state index contributed by atoms with van der Waals surface area (Å²) in [6, 6.07) is 11.2. The molecule has 0 unspecified atom stereocenters. The van der Waals surface area contributed by atoms with Crippen LogP contribution in [0, 0.1) is 0 Å². The van der Waals surface area contributed by atoms with Crippen molar-refractivity contribution >= 4 is 17.5 Å². The average Bonchev–Trinajstić information content (AvgIpc) is 2.68. The number of hydrogen-bond acceptors (Lipinski definition) is 5. The molecule has 1 aromatic carbocycles. The topological polar surface area (TPSA) is 75.7 Å². The first kappa shape index (κ1) is 19.0. The lowest BCUT2D eigenvalue weighted by atomic mass is 10.2. The Bertz CT molecular complexity index is 726. The van der Waals surface area contributed by atoms with Crippen LogP contribution in [0.2, 0.25) is 0 Å². The van der Waals surface area contributed by atoms with Crippen LogP contribution in [0.25, 0.3) is 0 Å². The van der Waals surface area contributed by atoms with Gasteiger partial charge in [0, 0.05) is 19.6 Å². The second kappa shape index (κ2) is 9.23. The Hall–Kier alpha value is -2.80. The van der Waals surface area contributed by atoms with Gasteiger partial charge in [-0.25, -0.2) is 9.78 Å². The van der Waals surface area contributed by atoms with E-state index in [1.54, 1.807) is 6.20 Å². The van der Waals surface area contributed by atoms with E-state index < -0.39 is 0 Å². The van der Waals surface area contributed by atoms with Crippen molar-refractivity contribution in [3.63, 3.8) is 0 Å². The molecule has 7 heteroatoms. The second-order valence-corrected chi connectivity index (χ2v) is 6.62. The number of aromatic nitrogens is 1. The van der Waals surface area contributed by atoms with Gasteiger partial charge >= 0.3 is 6.03 Å². The van der Waals surface area contributed by atoms with Crippen LogP contribution in [0.5, 0.6) is 5.75 Å². The number of morpholine rings is 1. The number of carbonyl (C=O) groups excluding carboxylic acids is 1. The molecule has 2 N–H and O–H groups in total. The van der Waals surface area contributed by atoms with Crippen molar-refractivity contribution in [1.29, 1.82) is 0 Å². The molecule has 0 spiro atoms. The van der Waals surface area contributed by atoms with Gasteiger partial charge in [-0.05, 0) is 43.7 Å². The average molecular weight is 370 g/mol. The van der Waals surface area contributed by atoms with Gasteiger partial charge in [-0.1, -0.05) is 12.1 Å². The maximum atomic E-state index is 12.1. The molecule has 27 heavy (non-hydrogen) atoms. The zero-order valence-electron chi connectivity index (χ0n) is 15.8. The van der Waals surface area contributed by atoms with Crippen molar-refractivity contribution in [1.82, 2.24) is 10.3 Å². The fourth-order valence-corrected chi connectivity index (χ4v) is 2.76. The molecule has 144 valence electrons. The van der Waals surface area contributed by atoms with Crippen LogP contribution in [0.3, 0.4) is 0 Å². The normalized spacial score (nSPS) is 14.1. The van der Waals surface area contributed by atoms with Crippen molar-refractivity contribution in [3.05, 3.63) is 48.2 Å². The second-order valence-electron chi connectivity index (χ2n) is 6.62. The van der Waals surface area contributed by atoms with Gasteiger partial charge in [-0.2, -0.15) is 0 Å². The summed E-state index contributed by atoms with van der Waals surface area (Å²) in [4.78, 5) is 18.7. The molecule has 1 fully saturated rings. The van der Waals surface area contributed by atoms with E-state index in [0.29, 0.717) is 25.4 Å². The predicted molar refractivity (Wildman–Crippen MR) is 105 cm³/mol. The van der Waals surface area contributed by atoms with E-state index in [1.807, 2.05) is 50.2 Å². The molecule has 1 saturated heterocycles. The summed E-state index contributed by atoms with van der Waals surface area (Å²) in [5.41, 5.74) is 1.66. The Labute approximate surface area is 159 Å². The lowest BCUT2D eigenvalue weighted by Crippen LogP contribution is -2.36. The van der Waals surface area contributed by atoms with Gasteiger partial charge in [0.1, 0.15) is 11.6 Å². The van der Waals surface area contributed by atoms with Crippen LogP contribution < -0.4 is 20.3 Å². The van der Waals surface area contributed by atoms with Crippen molar-refractivity contribution in [2.75, 3.05) is 36.5 Å². The number of nitrogens with one attached hydrogen (secondary N) is 2. The van der Waals surface area contributed by atoms with E-state index in [4.69, 9.17) is 9.47 Å². The SMILES string of the molecule is CC(C)Oc1ccc(CNC(=O)Nc2ccc(N3CCOCC3)nc2)cc1. The van der Waals surface area contributed by atoms with Crippen molar-refractivity contribution < 1.29 is 14.3 Å². The van der Waals surface area contributed by atoms with E-state index in [-0.39, 0.29) is 12.1 Å². The van der Waals surface area contributed by atoms with Crippen LogP contribution in [0.15, 0.2) is 42.6 Å². The maximum Gasteiger partial charge on any atom is 0.319 e. The van der Waals surface area contributed by atoms with Crippen LogP contribution >= 0.6 is 0 Å². The molecule has 0 radical (unpaired) electrons. The number of urea groups is 1. The smallest absolute Gasteiger partial charge is 0.319 e. The first-order chi connectivity index (χ1) is 13.1. The number of anilines is 2. The maximum absolute atomic E-state index is 12.1. The first-order valence-electron chi connectivity index (χ1n) is 9.19. The highest BCUT2D eigenvalue weighted by Crippen LogP contribution is 2.16. The highest BCUT2D eigenvalue weighted by molar-refractivity contribution is 5.89. The third kappa shape index (κ3) is 5.86. The standard InChI is InChI=1S/C20H26N4O3/c1-15(2)27-18-6-3-16(4-7-18)13-22-20(25)23-17-5-8-19(21-14-17)24-9-11-26-12-10-24/h3-8,14-15H,9-13H2,1-2H3,(H2,22,23,25). The van der Waals surface area contributed by atoms with Gasteiger partial charge in [0.2, 0.25) is 0 Å². The molecule has 2 heterocycles. The first-order valence-corrected chi connectivity index (χ1v) is 9.19. The molecule has 1 aliphatic rings. The van der Waals surface area contributed by atoms with Gasteiger partial charge in [-0.3, -0.25) is 0 Å². The van der Waals surface area contributed by atoms with Crippen LogP contribution in [0.1, 0.15) is 19.4 Å². The molecule has 2 amide bonds. The number of ether oxygens (including phenoxy) is 2. The Morgan fingerprint density at radius 2 is 1.93 bits per heavy atom. The summed E-state index contributed by atoms with van der Waals surface area (Å²) in [5, 5.41) is 5.64. The van der Waals surface area contributed by atoms with E-state index in [0.717, 1.165) is 30.2 Å². The Morgan fingerprint density at radius 3 is 2.56 bits per heavy atom. The minimum atomic E-state index is -0.265. The zero-order chi connectivity index (χ0) is 19.1. The van der Waals surface area contributed by atoms with E-state index in [9.17, 15) is 4.79 Å². The molecular weight excluding hydrogens is 344 g/mol. The number of pyridine rings is 1. The predicted octanol–water partition coefficient (Wildman–Crippen LogP) is 3.03. The lowest BCUT2D eigenvalue weighted by Gasteiger charge is -2.27. The van der Waals surface area contributed by atoms with Crippen molar-refractivity contribution in [2.24, 2.45) is 0 Å². The molecule has 0 atom stereocenters. The molecule has 0 aliphatic carbocycles. The van der Waals surface area contributed by atoms with Gasteiger partial charge < -0.3 is 25.0 Å². The Balaban J connectivity index is 1.46. The van der Waals surface area contributed by atoms with Gasteiger partial charge in [0.15, 0.2) is 0 Å². The van der Waals surface area contributed by atoms with Gasteiger partial charge in [-0.15, -0.1) is 0 Å². The minimum absolute atomic E-state index is 0.142. The van der Waals surface area contributed by atoms with Crippen LogP contribution in [-0.4, -0.2) is 43.4 Å². The molecule has 1 aromatic heterocycles.